The van der Waals surface area contributed by atoms with Crippen LogP contribution in [0, 0.1) is 13.8 Å². The van der Waals surface area contributed by atoms with Crippen LogP contribution in [-0.4, -0.2) is 68.0 Å². The number of aromatic amines is 1. The first-order chi connectivity index (χ1) is 19.5. The molecule has 1 N–H and O–H groups in total. The Balaban J connectivity index is 1.20. The number of rotatable bonds is 6. The third kappa shape index (κ3) is 4.65. The summed E-state index contributed by atoms with van der Waals surface area (Å²) in [4.78, 5) is 21.7. The molecule has 208 valence electrons. The second-order valence-electron chi connectivity index (χ2n) is 11.4. The van der Waals surface area contributed by atoms with Gasteiger partial charge in [0.1, 0.15) is 6.04 Å². The molecule has 2 fully saturated rings. The van der Waals surface area contributed by atoms with Crippen LogP contribution in [0.4, 0.5) is 0 Å². The minimum Gasteiger partial charge on any atom is -0.454 e. The zero-order chi connectivity index (χ0) is 27.2. The van der Waals surface area contributed by atoms with Crippen molar-refractivity contribution < 1.29 is 9.47 Å². The number of tetrazole rings is 1. The minimum absolute atomic E-state index is 0.0757. The standard InChI is InChI=1S/C30H35N7O3/c1-19-13-20(2)27-22(14-19)16-24(30(38)31-27)28(29-32-33-34-37(29)23-5-3-4-6-23)36-11-9-35(10-12-36)17-21-7-8-25-26(15-21)40-18-39-25/h7-8,13-16,23,28H,3-6,9-12,17-18H2,1-2H3,(H,31,38)/t28-/m0/s1. The maximum atomic E-state index is 13.7. The molecule has 4 heterocycles. The summed E-state index contributed by atoms with van der Waals surface area (Å²) in [5, 5.41) is 14.2. The van der Waals surface area contributed by atoms with E-state index in [9.17, 15) is 4.79 Å². The lowest BCUT2D eigenvalue weighted by atomic mass is 10.00. The molecule has 0 unspecified atom stereocenters. The number of nitrogens with one attached hydrogen (secondary N) is 1. The molecule has 40 heavy (non-hydrogen) atoms. The number of benzene rings is 2. The molecule has 0 radical (unpaired) electrons. The van der Waals surface area contributed by atoms with Crippen molar-refractivity contribution in [3.05, 3.63) is 74.8 Å². The van der Waals surface area contributed by atoms with E-state index in [1.165, 1.54) is 24.0 Å². The largest absolute Gasteiger partial charge is 0.454 e. The van der Waals surface area contributed by atoms with Crippen molar-refractivity contribution in [2.45, 2.75) is 58.2 Å². The van der Waals surface area contributed by atoms with Gasteiger partial charge in [-0.15, -0.1) is 5.10 Å². The fourth-order valence-corrected chi connectivity index (χ4v) is 6.67. The average Bonchev–Trinajstić information content (AvgIpc) is 3.72. The molecule has 4 aromatic rings. The van der Waals surface area contributed by atoms with Crippen molar-refractivity contribution in [3.63, 3.8) is 0 Å². The van der Waals surface area contributed by atoms with Crippen molar-refractivity contribution in [2.24, 2.45) is 0 Å². The molecule has 1 aliphatic carbocycles. The topological polar surface area (TPSA) is 101 Å². The maximum absolute atomic E-state index is 13.7. The summed E-state index contributed by atoms with van der Waals surface area (Å²) >= 11 is 0. The smallest absolute Gasteiger partial charge is 0.253 e. The van der Waals surface area contributed by atoms with Crippen LogP contribution in [0.2, 0.25) is 0 Å². The van der Waals surface area contributed by atoms with E-state index >= 15 is 0 Å². The summed E-state index contributed by atoms with van der Waals surface area (Å²) in [6.07, 6.45) is 4.51. The first-order valence-electron chi connectivity index (χ1n) is 14.3. The van der Waals surface area contributed by atoms with Gasteiger partial charge in [-0.25, -0.2) is 4.68 Å². The van der Waals surface area contributed by atoms with E-state index < -0.39 is 0 Å². The van der Waals surface area contributed by atoms with Gasteiger partial charge in [-0.2, -0.15) is 0 Å². The van der Waals surface area contributed by atoms with Gasteiger partial charge in [0.15, 0.2) is 17.3 Å². The van der Waals surface area contributed by atoms with Gasteiger partial charge in [-0.3, -0.25) is 14.6 Å². The van der Waals surface area contributed by atoms with Crippen molar-refractivity contribution >= 4 is 10.9 Å². The molecule has 1 saturated heterocycles. The Kier molecular flexibility index (Phi) is 6.51. The number of H-pyrrole nitrogens is 1. The number of pyridine rings is 1. The maximum Gasteiger partial charge on any atom is 0.253 e. The third-order valence-electron chi connectivity index (χ3n) is 8.67. The van der Waals surface area contributed by atoms with Crippen LogP contribution in [0.25, 0.3) is 10.9 Å². The fraction of sp³-hybridized carbons (Fsp3) is 0.467. The molecule has 10 heteroatoms. The Bertz CT molecular complexity index is 1600. The van der Waals surface area contributed by atoms with E-state index in [1.54, 1.807) is 0 Å². The zero-order valence-electron chi connectivity index (χ0n) is 23.1. The van der Waals surface area contributed by atoms with Gasteiger partial charge in [-0.05, 0) is 77.9 Å². The van der Waals surface area contributed by atoms with Crippen LogP contribution < -0.4 is 15.0 Å². The molecule has 3 aliphatic rings. The molecule has 2 aromatic carbocycles. The molecule has 0 bridgehead atoms. The molecule has 0 amide bonds. The second-order valence-corrected chi connectivity index (χ2v) is 11.4. The Labute approximate surface area is 232 Å². The molecule has 2 aliphatic heterocycles. The van der Waals surface area contributed by atoms with Crippen LogP contribution in [0.3, 0.4) is 0 Å². The van der Waals surface area contributed by atoms with Crippen molar-refractivity contribution in [1.82, 2.24) is 35.0 Å². The summed E-state index contributed by atoms with van der Waals surface area (Å²) in [6, 6.07) is 12.4. The highest BCUT2D eigenvalue weighted by Crippen LogP contribution is 2.35. The van der Waals surface area contributed by atoms with E-state index in [-0.39, 0.29) is 24.4 Å². The number of aromatic nitrogens is 5. The summed E-state index contributed by atoms with van der Waals surface area (Å²) < 4.78 is 13.0. The summed E-state index contributed by atoms with van der Waals surface area (Å²) in [5.41, 5.74) is 4.97. The van der Waals surface area contributed by atoms with Crippen LogP contribution in [0.5, 0.6) is 11.5 Å². The Morgan fingerprint density at radius 3 is 2.62 bits per heavy atom. The van der Waals surface area contributed by atoms with E-state index in [0.717, 1.165) is 79.4 Å². The monoisotopic (exact) mass is 541 g/mol. The third-order valence-corrected chi connectivity index (χ3v) is 8.67. The second kappa shape index (κ2) is 10.3. The Morgan fingerprint density at radius 2 is 1.80 bits per heavy atom. The quantitative estimate of drug-likeness (QED) is 0.393. The fourth-order valence-electron chi connectivity index (χ4n) is 6.67. The number of fused-ring (bicyclic) bond motifs is 2. The van der Waals surface area contributed by atoms with Gasteiger partial charge in [0.05, 0.1) is 11.6 Å². The van der Waals surface area contributed by atoms with Gasteiger partial charge in [-0.1, -0.05) is 30.5 Å². The van der Waals surface area contributed by atoms with E-state index in [0.29, 0.717) is 5.56 Å². The van der Waals surface area contributed by atoms with Crippen LogP contribution in [0.1, 0.15) is 65.8 Å². The van der Waals surface area contributed by atoms with Gasteiger partial charge < -0.3 is 14.5 Å². The van der Waals surface area contributed by atoms with E-state index in [4.69, 9.17) is 9.47 Å². The van der Waals surface area contributed by atoms with E-state index in [2.05, 4.69) is 67.6 Å². The van der Waals surface area contributed by atoms with Crippen molar-refractivity contribution in [3.8, 4) is 11.5 Å². The van der Waals surface area contributed by atoms with Crippen LogP contribution in [0.15, 0.2) is 41.2 Å². The molecule has 2 aromatic heterocycles. The highest BCUT2D eigenvalue weighted by Gasteiger charge is 2.35. The summed E-state index contributed by atoms with van der Waals surface area (Å²) in [7, 11) is 0. The molecular weight excluding hydrogens is 506 g/mol. The number of aryl methyl sites for hydroxylation is 2. The molecule has 0 spiro atoms. The van der Waals surface area contributed by atoms with Gasteiger partial charge in [0.2, 0.25) is 6.79 Å². The lowest BCUT2D eigenvalue weighted by Gasteiger charge is -2.39. The highest BCUT2D eigenvalue weighted by atomic mass is 16.7. The van der Waals surface area contributed by atoms with Gasteiger partial charge >= 0.3 is 0 Å². The lowest BCUT2D eigenvalue weighted by Crippen LogP contribution is -2.48. The molecule has 1 saturated carbocycles. The normalized spacial score (nSPS) is 19.1. The SMILES string of the molecule is Cc1cc(C)c2[nH]c(=O)c([C@@H](c3nnnn3C3CCCC3)N3CCN(Cc4ccc5c(c4)OCO5)CC3)cc2c1. The Morgan fingerprint density at radius 1 is 1.00 bits per heavy atom. The molecular formula is C30H35N7O3. The minimum atomic E-state index is -0.322. The zero-order valence-corrected chi connectivity index (χ0v) is 23.1. The van der Waals surface area contributed by atoms with Gasteiger partial charge in [0, 0.05) is 38.3 Å². The van der Waals surface area contributed by atoms with Crippen LogP contribution in [-0.2, 0) is 6.54 Å². The molecule has 1 atom stereocenters. The number of nitrogens with zero attached hydrogens (tertiary/aromatic N) is 6. The lowest BCUT2D eigenvalue weighted by molar-refractivity contribution is 0.0988. The van der Waals surface area contributed by atoms with Gasteiger partial charge in [0.25, 0.3) is 5.56 Å². The highest BCUT2D eigenvalue weighted by molar-refractivity contribution is 5.83. The first kappa shape index (κ1) is 25.2. The predicted octanol–water partition coefficient (Wildman–Crippen LogP) is 3.88. The van der Waals surface area contributed by atoms with Crippen molar-refractivity contribution in [1.29, 1.82) is 0 Å². The Hall–Kier alpha value is -3.76. The number of piperazine rings is 1. The molecule has 7 rings (SSSR count). The number of ether oxygens (including phenoxy) is 2. The van der Waals surface area contributed by atoms with Crippen molar-refractivity contribution in [2.75, 3.05) is 33.0 Å². The first-order valence-corrected chi connectivity index (χ1v) is 14.3. The van der Waals surface area contributed by atoms with Crippen LogP contribution >= 0.6 is 0 Å². The predicted molar refractivity (Wildman–Crippen MR) is 151 cm³/mol. The number of hydrogen-bond acceptors (Lipinski definition) is 8. The average molecular weight is 542 g/mol. The summed E-state index contributed by atoms with van der Waals surface area (Å²) in [5.74, 6) is 2.39. The molecule has 10 nitrogen and oxygen atoms in total. The summed E-state index contributed by atoms with van der Waals surface area (Å²) in [6.45, 7) is 8.61. The van der Waals surface area contributed by atoms with E-state index in [1.807, 2.05) is 17.7 Å². The number of hydrogen-bond donors (Lipinski definition) is 1.